The standard InChI is InChI=1S/C26H35NO3/c1-5-6-7-14-19-22(28)24(25(29)30-26(2,3)4)27-23(20-15-10-8-11-16-20)21-17-12-9-13-18-21/h8-13,15-18,22,24,28H,5-7,14,19H2,1-4H3/t22-,24-/m0/s1. The molecule has 0 fully saturated rings. The van der Waals surface area contributed by atoms with Gasteiger partial charge in [-0.1, -0.05) is 93.3 Å². The first-order valence-corrected chi connectivity index (χ1v) is 10.9. The summed E-state index contributed by atoms with van der Waals surface area (Å²) in [7, 11) is 0. The second kappa shape index (κ2) is 11.7. The van der Waals surface area contributed by atoms with E-state index in [1.807, 2.05) is 81.4 Å². The molecule has 0 bridgehead atoms. The minimum atomic E-state index is -0.971. The Bertz CT molecular complexity index is 753. The van der Waals surface area contributed by atoms with Crippen molar-refractivity contribution in [3.63, 3.8) is 0 Å². The van der Waals surface area contributed by atoms with Crippen LogP contribution in [0.25, 0.3) is 0 Å². The van der Waals surface area contributed by atoms with Crippen molar-refractivity contribution < 1.29 is 14.6 Å². The van der Waals surface area contributed by atoms with E-state index in [-0.39, 0.29) is 0 Å². The molecule has 0 spiro atoms. The van der Waals surface area contributed by atoms with Gasteiger partial charge in [0, 0.05) is 11.1 Å². The zero-order valence-electron chi connectivity index (χ0n) is 18.7. The number of benzene rings is 2. The molecule has 4 heteroatoms. The molecule has 2 atom stereocenters. The number of rotatable bonds is 10. The zero-order valence-corrected chi connectivity index (χ0v) is 18.7. The average Bonchev–Trinajstić information content (AvgIpc) is 2.71. The summed E-state index contributed by atoms with van der Waals surface area (Å²) in [6.07, 6.45) is 3.75. The predicted octanol–water partition coefficient (Wildman–Crippen LogP) is 5.57. The van der Waals surface area contributed by atoms with Crippen LogP contribution in [0.4, 0.5) is 0 Å². The highest BCUT2D eigenvalue weighted by Gasteiger charge is 2.31. The number of aliphatic hydroxyl groups excluding tert-OH is 1. The molecule has 0 saturated heterocycles. The maximum absolute atomic E-state index is 13.0. The lowest BCUT2D eigenvalue weighted by Crippen LogP contribution is -2.39. The highest BCUT2D eigenvalue weighted by molar-refractivity contribution is 6.13. The van der Waals surface area contributed by atoms with Crippen LogP contribution in [0.2, 0.25) is 0 Å². The molecule has 162 valence electrons. The van der Waals surface area contributed by atoms with Gasteiger partial charge >= 0.3 is 5.97 Å². The molecule has 2 aromatic carbocycles. The third-order valence-corrected chi connectivity index (χ3v) is 4.73. The van der Waals surface area contributed by atoms with Crippen LogP contribution in [0.15, 0.2) is 65.7 Å². The molecule has 30 heavy (non-hydrogen) atoms. The van der Waals surface area contributed by atoms with Crippen LogP contribution >= 0.6 is 0 Å². The Balaban J connectivity index is 2.41. The van der Waals surface area contributed by atoms with Crippen LogP contribution in [-0.2, 0) is 9.53 Å². The van der Waals surface area contributed by atoms with Crippen LogP contribution < -0.4 is 0 Å². The van der Waals surface area contributed by atoms with Gasteiger partial charge in [0.15, 0.2) is 6.04 Å². The van der Waals surface area contributed by atoms with E-state index < -0.39 is 23.7 Å². The maximum atomic E-state index is 13.0. The Morgan fingerprint density at radius 3 is 1.93 bits per heavy atom. The Labute approximate surface area is 181 Å². The van der Waals surface area contributed by atoms with Gasteiger partial charge < -0.3 is 9.84 Å². The second-order valence-corrected chi connectivity index (χ2v) is 8.60. The fraction of sp³-hybridized carbons (Fsp3) is 0.462. The Morgan fingerprint density at radius 1 is 0.933 bits per heavy atom. The third-order valence-electron chi connectivity index (χ3n) is 4.73. The molecule has 0 aromatic heterocycles. The number of aliphatic hydroxyl groups is 1. The predicted molar refractivity (Wildman–Crippen MR) is 123 cm³/mol. The van der Waals surface area contributed by atoms with Gasteiger partial charge in [0.2, 0.25) is 0 Å². The number of aliphatic imine (C=N–C) groups is 1. The zero-order chi connectivity index (χ0) is 22.0. The molecule has 0 amide bonds. The summed E-state index contributed by atoms with van der Waals surface area (Å²) in [6.45, 7) is 7.63. The largest absolute Gasteiger partial charge is 0.458 e. The van der Waals surface area contributed by atoms with E-state index >= 15 is 0 Å². The van der Waals surface area contributed by atoms with Crippen LogP contribution in [0.3, 0.4) is 0 Å². The van der Waals surface area contributed by atoms with E-state index in [2.05, 4.69) is 6.92 Å². The van der Waals surface area contributed by atoms with Gasteiger partial charge in [-0.25, -0.2) is 4.79 Å². The number of carbonyl (C=O) groups excluding carboxylic acids is 1. The summed E-state index contributed by atoms with van der Waals surface area (Å²) in [4.78, 5) is 17.8. The fourth-order valence-electron chi connectivity index (χ4n) is 3.24. The first-order chi connectivity index (χ1) is 14.3. The van der Waals surface area contributed by atoms with Gasteiger partial charge in [0.05, 0.1) is 11.8 Å². The molecule has 0 aliphatic carbocycles. The summed E-state index contributed by atoms with van der Waals surface area (Å²) in [5, 5.41) is 10.9. The third kappa shape index (κ3) is 7.75. The second-order valence-electron chi connectivity index (χ2n) is 8.60. The van der Waals surface area contributed by atoms with Gasteiger partial charge in [0.25, 0.3) is 0 Å². The molecule has 4 nitrogen and oxygen atoms in total. The molecule has 0 heterocycles. The van der Waals surface area contributed by atoms with Gasteiger partial charge in [0.1, 0.15) is 5.60 Å². The quantitative estimate of drug-likeness (QED) is 0.317. The topological polar surface area (TPSA) is 58.9 Å². The molecule has 2 aromatic rings. The van der Waals surface area contributed by atoms with E-state index in [1.165, 1.54) is 0 Å². The molecule has 0 saturated carbocycles. The molecule has 2 rings (SSSR count). The first-order valence-electron chi connectivity index (χ1n) is 10.9. The SMILES string of the molecule is CCCCCC[C@H](O)[C@H](N=C(c1ccccc1)c1ccccc1)C(=O)OC(C)(C)C. The van der Waals surface area contributed by atoms with E-state index in [0.29, 0.717) is 12.1 Å². The monoisotopic (exact) mass is 409 g/mol. The summed E-state index contributed by atoms with van der Waals surface area (Å²) in [6, 6.07) is 18.5. The highest BCUT2D eigenvalue weighted by atomic mass is 16.6. The molecular formula is C26H35NO3. The van der Waals surface area contributed by atoms with Crippen molar-refractivity contribution in [1.82, 2.24) is 0 Å². The van der Waals surface area contributed by atoms with Crippen molar-refractivity contribution in [2.75, 3.05) is 0 Å². The normalized spacial score (nSPS) is 13.4. The minimum absolute atomic E-state index is 0.491. The molecular weight excluding hydrogens is 374 g/mol. The number of carbonyl (C=O) groups is 1. The smallest absolute Gasteiger partial charge is 0.334 e. The van der Waals surface area contributed by atoms with Gasteiger partial charge in [-0.3, -0.25) is 4.99 Å². The molecule has 0 unspecified atom stereocenters. The van der Waals surface area contributed by atoms with Gasteiger partial charge in [-0.05, 0) is 27.2 Å². The van der Waals surface area contributed by atoms with E-state index in [1.54, 1.807) is 0 Å². The number of hydrogen-bond donors (Lipinski definition) is 1. The molecule has 0 radical (unpaired) electrons. The Kier molecular flexibility index (Phi) is 9.25. The number of esters is 1. The number of hydrogen-bond acceptors (Lipinski definition) is 4. The lowest BCUT2D eigenvalue weighted by molar-refractivity contribution is -0.159. The Morgan fingerprint density at radius 2 is 1.47 bits per heavy atom. The number of ether oxygens (including phenoxy) is 1. The van der Waals surface area contributed by atoms with Crippen molar-refractivity contribution in [2.45, 2.75) is 77.5 Å². The maximum Gasteiger partial charge on any atom is 0.334 e. The minimum Gasteiger partial charge on any atom is -0.458 e. The fourth-order valence-corrected chi connectivity index (χ4v) is 3.24. The molecule has 0 aliphatic rings. The van der Waals surface area contributed by atoms with Gasteiger partial charge in [-0.15, -0.1) is 0 Å². The molecule has 0 aliphatic heterocycles. The van der Waals surface area contributed by atoms with Crippen LogP contribution in [0, 0.1) is 0 Å². The van der Waals surface area contributed by atoms with E-state index in [0.717, 1.165) is 36.8 Å². The lowest BCUT2D eigenvalue weighted by Gasteiger charge is -2.25. The summed E-state index contributed by atoms with van der Waals surface area (Å²) in [5.74, 6) is -0.491. The summed E-state index contributed by atoms with van der Waals surface area (Å²) >= 11 is 0. The number of nitrogens with zero attached hydrogens (tertiary/aromatic N) is 1. The van der Waals surface area contributed by atoms with Crippen molar-refractivity contribution >= 4 is 11.7 Å². The van der Waals surface area contributed by atoms with E-state index in [9.17, 15) is 9.90 Å². The number of unbranched alkanes of at least 4 members (excludes halogenated alkanes) is 3. The highest BCUT2D eigenvalue weighted by Crippen LogP contribution is 2.19. The van der Waals surface area contributed by atoms with Crippen LogP contribution in [0.1, 0.15) is 70.9 Å². The van der Waals surface area contributed by atoms with Crippen molar-refractivity contribution in [3.8, 4) is 0 Å². The van der Waals surface area contributed by atoms with Crippen molar-refractivity contribution in [2.24, 2.45) is 4.99 Å². The lowest BCUT2D eigenvalue weighted by atomic mass is 9.99. The van der Waals surface area contributed by atoms with Crippen LogP contribution in [-0.4, -0.2) is 34.5 Å². The van der Waals surface area contributed by atoms with Gasteiger partial charge in [-0.2, -0.15) is 0 Å². The summed E-state index contributed by atoms with van der Waals surface area (Å²) in [5.41, 5.74) is 1.83. The van der Waals surface area contributed by atoms with E-state index in [4.69, 9.17) is 9.73 Å². The van der Waals surface area contributed by atoms with Crippen LogP contribution in [0.5, 0.6) is 0 Å². The summed E-state index contributed by atoms with van der Waals surface area (Å²) < 4.78 is 5.62. The Hall–Kier alpha value is -2.46. The average molecular weight is 410 g/mol. The van der Waals surface area contributed by atoms with Crippen molar-refractivity contribution in [3.05, 3.63) is 71.8 Å². The molecule has 1 N–H and O–H groups in total. The first kappa shape index (κ1) is 23.8. The van der Waals surface area contributed by atoms with Crippen molar-refractivity contribution in [1.29, 1.82) is 0 Å².